The molecule has 1 aliphatic rings. The molecular weight excluding hydrogens is 375 g/mol. The van der Waals surface area contributed by atoms with Gasteiger partial charge in [-0.2, -0.15) is 0 Å². The van der Waals surface area contributed by atoms with Crippen LogP contribution in [0.25, 0.3) is 0 Å². The van der Waals surface area contributed by atoms with E-state index in [1.807, 2.05) is 0 Å². The van der Waals surface area contributed by atoms with Crippen LogP contribution in [0.2, 0.25) is 15.1 Å². The fourth-order valence-corrected chi connectivity index (χ4v) is 3.35. The zero-order valence-electron chi connectivity index (χ0n) is 12.2. The van der Waals surface area contributed by atoms with Crippen molar-refractivity contribution in [3.63, 3.8) is 0 Å². The van der Waals surface area contributed by atoms with Gasteiger partial charge in [0.15, 0.2) is 0 Å². The SMILES string of the molecule is O=[N+]([O-])c1ccc(N=C2CCN(c3c(Cl)cc(Cl)cc3Cl)N2)cc1. The molecule has 124 valence electrons. The lowest BCUT2D eigenvalue weighted by atomic mass is 10.3. The van der Waals surface area contributed by atoms with Gasteiger partial charge < -0.3 is 0 Å². The van der Waals surface area contributed by atoms with Crippen LogP contribution in [0.5, 0.6) is 0 Å². The van der Waals surface area contributed by atoms with E-state index in [-0.39, 0.29) is 5.69 Å². The van der Waals surface area contributed by atoms with Crippen LogP contribution in [-0.4, -0.2) is 17.3 Å². The molecule has 1 N–H and O–H groups in total. The van der Waals surface area contributed by atoms with Crippen LogP contribution in [0, 0.1) is 10.1 Å². The van der Waals surface area contributed by atoms with Crippen molar-refractivity contribution < 1.29 is 4.92 Å². The molecule has 0 aliphatic carbocycles. The van der Waals surface area contributed by atoms with Gasteiger partial charge in [0.1, 0.15) is 5.84 Å². The molecule has 0 radical (unpaired) electrons. The Balaban J connectivity index is 1.79. The normalized spacial score (nSPS) is 15.6. The van der Waals surface area contributed by atoms with Crippen LogP contribution >= 0.6 is 34.8 Å². The molecular formula is C15H11Cl3N4O2. The molecule has 0 bridgehead atoms. The number of nitro benzene ring substituents is 1. The Bertz CT molecular complexity index is 801. The quantitative estimate of drug-likeness (QED) is 0.596. The van der Waals surface area contributed by atoms with E-state index >= 15 is 0 Å². The maximum absolute atomic E-state index is 10.7. The Hall–Kier alpha value is -2.02. The van der Waals surface area contributed by atoms with E-state index in [1.165, 1.54) is 12.1 Å². The van der Waals surface area contributed by atoms with Gasteiger partial charge in [0.05, 0.1) is 26.3 Å². The summed E-state index contributed by atoms with van der Waals surface area (Å²) in [7, 11) is 0. The van der Waals surface area contributed by atoms with Crippen molar-refractivity contribution in [1.82, 2.24) is 5.43 Å². The van der Waals surface area contributed by atoms with Crippen molar-refractivity contribution in [3.8, 4) is 0 Å². The minimum Gasteiger partial charge on any atom is -0.285 e. The van der Waals surface area contributed by atoms with Crippen molar-refractivity contribution in [2.45, 2.75) is 6.42 Å². The molecule has 1 heterocycles. The van der Waals surface area contributed by atoms with E-state index in [1.54, 1.807) is 29.3 Å². The molecule has 1 aliphatic heterocycles. The molecule has 0 aromatic heterocycles. The number of hydrogen-bond donors (Lipinski definition) is 1. The lowest BCUT2D eigenvalue weighted by Gasteiger charge is -2.21. The van der Waals surface area contributed by atoms with E-state index < -0.39 is 4.92 Å². The van der Waals surface area contributed by atoms with Gasteiger partial charge >= 0.3 is 0 Å². The van der Waals surface area contributed by atoms with Crippen LogP contribution in [0.15, 0.2) is 41.4 Å². The molecule has 2 aromatic rings. The van der Waals surface area contributed by atoms with Crippen molar-refractivity contribution in [1.29, 1.82) is 0 Å². The number of aliphatic imine (C=N–C) groups is 1. The first kappa shape index (κ1) is 16.8. The maximum Gasteiger partial charge on any atom is 0.269 e. The van der Waals surface area contributed by atoms with E-state index in [2.05, 4.69) is 10.4 Å². The highest BCUT2D eigenvalue weighted by Gasteiger charge is 2.22. The monoisotopic (exact) mass is 384 g/mol. The average Bonchev–Trinajstić information content (AvgIpc) is 2.95. The zero-order valence-corrected chi connectivity index (χ0v) is 14.4. The van der Waals surface area contributed by atoms with Gasteiger partial charge in [0.2, 0.25) is 0 Å². The van der Waals surface area contributed by atoms with Crippen LogP contribution < -0.4 is 10.4 Å². The van der Waals surface area contributed by atoms with Gasteiger partial charge in [-0.25, -0.2) is 4.99 Å². The summed E-state index contributed by atoms with van der Waals surface area (Å²) in [6, 6.07) is 9.27. The van der Waals surface area contributed by atoms with Crippen LogP contribution in [-0.2, 0) is 0 Å². The Labute approximate surface area is 152 Å². The number of halogens is 3. The van der Waals surface area contributed by atoms with Crippen LogP contribution in [0.1, 0.15) is 6.42 Å². The highest BCUT2D eigenvalue weighted by Crippen LogP contribution is 2.37. The summed E-state index contributed by atoms with van der Waals surface area (Å²) in [5.74, 6) is 0.714. The molecule has 24 heavy (non-hydrogen) atoms. The predicted octanol–water partition coefficient (Wildman–Crippen LogP) is 5.00. The minimum atomic E-state index is -0.447. The Morgan fingerprint density at radius 1 is 1.12 bits per heavy atom. The lowest BCUT2D eigenvalue weighted by molar-refractivity contribution is -0.384. The highest BCUT2D eigenvalue weighted by molar-refractivity contribution is 6.41. The fraction of sp³-hybridized carbons (Fsp3) is 0.133. The molecule has 9 heteroatoms. The summed E-state index contributed by atoms with van der Waals surface area (Å²) in [6.07, 6.45) is 0.659. The number of benzene rings is 2. The number of rotatable bonds is 3. The summed E-state index contributed by atoms with van der Waals surface area (Å²) in [5, 5.41) is 13.8. The molecule has 2 aromatic carbocycles. The number of amidine groups is 1. The highest BCUT2D eigenvalue weighted by atomic mass is 35.5. The molecule has 1 saturated heterocycles. The summed E-state index contributed by atoms with van der Waals surface area (Å²) >= 11 is 18.4. The van der Waals surface area contributed by atoms with Gasteiger partial charge in [-0.05, 0) is 24.3 Å². The molecule has 3 rings (SSSR count). The maximum atomic E-state index is 10.7. The predicted molar refractivity (Wildman–Crippen MR) is 96.8 cm³/mol. The van der Waals surface area contributed by atoms with Crippen molar-refractivity contribution in [3.05, 3.63) is 61.6 Å². The number of nitrogens with one attached hydrogen (secondary N) is 1. The van der Waals surface area contributed by atoms with Gasteiger partial charge in [0, 0.05) is 30.1 Å². The number of non-ortho nitro benzene ring substituents is 1. The first-order valence-corrected chi connectivity index (χ1v) is 8.08. The van der Waals surface area contributed by atoms with Crippen LogP contribution in [0.3, 0.4) is 0 Å². The minimum absolute atomic E-state index is 0.0275. The second-order valence-electron chi connectivity index (χ2n) is 5.06. The molecule has 1 fully saturated rings. The summed E-state index contributed by atoms with van der Waals surface area (Å²) in [5.41, 5.74) is 4.42. The fourth-order valence-electron chi connectivity index (χ4n) is 2.33. The molecule has 0 saturated carbocycles. The topological polar surface area (TPSA) is 70.8 Å². The smallest absolute Gasteiger partial charge is 0.269 e. The third kappa shape index (κ3) is 3.56. The first-order chi connectivity index (χ1) is 11.4. The largest absolute Gasteiger partial charge is 0.285 e. The Kier molecular flexibility index (Phi) is 4.80. The molecule has 0 amide bonds. The Morgan fingerprint density at radius 3 is 2.33 bits per heavy atom. The third-order valence-electron chi connectivity index (χ3n) is 3.41. The number of nitrogens with zero attached hydrogens (tertiary/aromatic N) is 3. The number of hydrogen-bond acceptors (Lipinski definition) is 4. The van der Waals surface area contributed by atoms with E-state index in [0.29, 0.717) is 45.2 Å². The van der Waals surface area contributed by atoms with Gasteiger partial charge in [-0.15, -0.1) is 0 Å². The van der Waals surface area contributed by atoms with E-state index in [4.69, 9.17) is 34.8 Å². The molecule has 0 atom stereocenters. The summed E-state index contributed by atoms with van der Waals surface area (Å²) in [4.78, 5) is 14.7. The molecule has 0 unspecified atom stereocenters. The summed E-state index contributed by atoms with van der Waals surface area (Å²) < 4.78 is 0. The molecule has 6 nitrogen and oxygen atoms in total. The van der Waals surface area contributed by atoms with Crippen molar-refractivity contribution >= 4 is 57.7 Å². The third-order valence-corrected chi connectivity index (χ3v) is 4.21. The van der Waals surface area contributed by atoms with E-state index in [0.717, 1.165) is 0 Å². The first-order valence-electron chi connectivity index (χ1n) is 6.95. The standard InChI is InChI=1S/C15H11Cl3N4O2/c16-9-7-12(17)15(13(18)8-9)21-6-5-14(20-21)19-10-1-3-11(4-2-10)22(23)24/h1-4,7-8H,5-6H2,(H,19,20). The molecule has 0 spiro atoms. The van der Waals surface area contributed by atoms with Gasteiger partial charge in [0.25, 0.3) is 5.69 Å². The lowest BCUT2D eigenvalue weighted by Crippen LogP contribution is -2.33. The van der Waals surface area contributed by atoms with Gasteiger partial charge in [-0.1, -0.05) is 34.8 Å². The van der Waals surface area contributed by atoms with Crippen molar-refractivity contribution in [2.75, 3.05) is 11.6 Å². The van der Waals surface area contributed by atoms with Gasteiger partial charge in [-0.3, -0.25) is 20.5 Å². The number of nitro groups is 1. The second-order valence-corrected chi connectivity index (χ2v) is 6.31. The Morgan fingerprint density at radius 2 is 1.75 bits per heavy atom. The van der Waals surface area contributed by atoms with Crippen LogP contribution in [0.4, 0.5) is 17.1 Å². The number of anilines is 1. The van der Waals surface area contributed by atoms with Crippen molar-refractivity contribution in [2.24, 2.45) is 4.99 Å². The average molecular weight is 386 g/mol. The van der Waals surface area contributed by atoms with E-state index in [9.17, 15) is 10.1 Å². The summed E-state index contributed by atoms with van der Waals surface area (Å²) in [6.45, 7) is 0.632. The second kappa shape index (κ2) is 6.84. The zero-order chi connectivity index (χ0) is 17.3. The number of hydrazine groups is 1.